The van der Waals surface area contributed by atoms with Crippen molar-refractivity contribution >= 4 is 5.88 Å². The summed E-state index contributed by atoms with van der Waals surface area (Å²) < 4.78 is 25.4. The van der Waals surface area contributed by atoms with E-state index in [1.807, 2.05) is 55.5 Å². The van der Waals surface area contributed by atoms with Crippen LogP contribution in [0.4, 0.5) is 10.3 Å². The zero-order valence-corrected chi connectivity index (χ0v) is 16.4. The lowest BCUT2D eigenvalue weighted by atomic mass is 9.95. The second kappa shape index (κ2) is 9.17. The van der Waals surface area contributed by atoms with Crippen molar-refractivity contribution < 1.29 is 13.7 Å². The number of ether oxygens (including phenoxy) is 1. The first-order valence-corrected chi connectivity index (χ1v) is 9.82. The largest absolute Gasteiger partial charge is 0.379 e. The number of hydrogen-bond acceptors (Lipinski definition) is 6. The topological polar surface area (TPSA) is 62.6 Å². The highest BCUT2D eigenvalue weighted by molar-refractivity contribution is 5.64. The number of benzene rings is 2. The van der Waals surface area contributed by atoms with Crippen molar-refractivity contribution in [3.05, 3.63) is 71.7 Å². The Labute approximate surface area is 169 Å². The summed E-state index contributed by atoms with van der Waals surface area (Å²) in [5.74, 6) is 0.256. The van der Waals surface area contributed by atoms with Crippen LogP contribution in [0.3, 0.4) is 0 Å². The molecular weight excluding hydrogens is 371 g/mol. The highest BCUT2D eigenvalue weighted by Gasteiger charge is 2.16. The van der Waals surface area contributed by atoms with Crippen LogP contribution >= 0.6 is 0 Å². The van der Waals surface area contributed by atoms with E-state index in [1.54, 1.807) is 6.07 Å². The van der Waals surface area contributed by atoms with Crippen LogP contribution in [0.25, 0.3) is 11.1 Å². The van der Waals surface area contributed by atoms with Crippen LogP contribution in [0.2, 0.25) is 0 Å². The summed E-state index contributed by atoms with van der Waals surface area (Å²) >= 11 is 0. The lowest BCUT2D eigenvalue weighted by Gasteiger charge is -2.27. The number of aromatic nitrogens is 1. The van der Waals surface area contributed by atoms with E-state index in [1.165, 1.54) is 0 Å². The van der Waals surface area contributed by atoms with E-state index in [9.17, 15) is 4.39 Å². The third kappa shape index (κ3) is 4.82. The number of hydrogen-bond donors (Lipinski definition) is 2. The standard InChI is InChI=1S/C22H25FN4O2/c1-16(18-7-8-19(20(23)13-18)17-5-3-2-4-6-17)21-14-22(29-26-21)24-15-25-27-9-11-28-12-10-27/h2-8,13-14,16,24-25H,9-12,15H2,1H3/t16-/m0/s1. The molecule has 1 aromatic heterocycles. The SMILES string of the molecule is C[C@@H](c1ccc(-c2ccccc2)c(F)c1)c1cc(NCNN2CCOCC2)on1. The van der Waals surface area contributed by atoms with Gasteiger partial charge < -0.3 is 14.6 Å². The van der Waals surface area contributed by atoms with Crippen LogP contribution in [0.15, 0.2) is 59.1 Å². The number of anilines is 1. The number of nitrogens with zero attached hydrogens (tertiary/aromatic N) is 2. The molecule has 0 amide bonds. The van der Waals surface area contributed by atoms with Crippen LogP contribution in [0.1, 0.15) is 24.1 Å². The fraction of sp³-hybridized carbons (Fsp3) is 0.318. The Morgan fingerprint density at radius 1 is 1.10 bits per heavy atom. The second-order valence-electron chi connectivity index (χ2n) is 7.05. The Balaban J connectivity index is 1.38. The summed E-state index contributed by atoms with van der Waals surface area (Å²) in [5.41, 5.74) is 6.35. The van der Waals surface area contributed by atoms with Crippen molar-refractivity contribution in [2.75, 3.05) is 38.3 Å². The van der Waals surface area contributed by atoms with Crippen molar-refractivity contribution in [1.82, 2.24) is 15.6 Å². The normalized spacial score (nSPS) is 15.9. The average molecular weight is 396 g/mol. The minimum Gasteiger partial charge on any atom is -0.379 e. The summed E-state index contributed by atoms with van der Waals surface area (Å²) in [6.07, 6.45) is 0. The Morgan fingerprint density at radius 3 is 2.66 bits per heavy atom. The van der Waals surface area contributed by atoms with E-state index in [0.29, 0.717) is 18.1 Å². The number of halogens is 1. The van der Waals surface area contributed by atoms with Crippen LogP contribution < -0.4 is 10.7 Å². The Bertz CT molecular complexity index is 926. The van der Waals surface area contributed by atoms with E-state index in [0.717, 1.165) is 43.1 Å². The smallest absolute Gasteiger partial charge is 0.225 e. The monoisotopic (exact) mass is 396 g/mol. The molecule has 29 heavy (non-hydrogen) atoms. The van der Waals surface area contributed by atoms with Crippen molar-refractivity contribution in [3.63, 3.8) is 0 Å². The molecule has 0 radical (unpaired) electrons. The van der Waals surface area contributed by atoms with E-state index in [2.05, 4.69) is 20.9 Å². The Morgan fingerprint density at radius 2 is 1.90 bits per heavy atom. The Kier molecular flexibility index (Phi) is 6.19. The highest BCUT2D eigenvalue weighted by Crippen LogP contribution is 2.29. The van der Waals surface area contributed by atoms with Gasteiger partial charge in [0.25, 0.3) is 0 Å². The molecule has 1 aliphatic rings. The molecule has 2 aromatic carbocycles. The molecule has 0 unspecified atom stereocenters. The molecule has 7 heteroatoms. The Hall–Kier alpha value is -2.74. The molecule has 0 saturated carbocycles. The lowest BCUT2D eigenvalue weighted by Crippen LogP contribution is -2.47. The molecule has 0 spiro atoms. The molecule has 2 heterocycles. The molecule has 0 bridgehead atoms. The third-order valence-corrected chi connectivity index (χ3v) is 5.13. The van der Waals surface area contributed by atoms with Crippen LogP contribution in [-0.2, 0) is 4.74 Å². The van der Waals surface area contributed by atoms with E-state index in [4.69, 9.17) is 9.26 Å². The van der Waals surface area contributed by atoms with Crippen molar-refractivity contribution in [3.8, 4) is 11.1 Å². The zero-order valence-electron chi connectivity index (χ0n) is 16.4. The van der Waals surface area contributed by atoms with Gasteiger partial charge in [-0.15, -0.1) is 0 Å². The van der Waals surface area contributed by atoms with Gasteiger partial charge in [-0.25, -0.2) is 14.8 Å². The predicted octanol–water partition coefficient (Wildman–Crippen LogP) is 3.84. The highest BCUT2D eigenvalue weighted by atomic mass is 19.1. The fourth-order valence-electron chi connectivity index (χ4n) is 3.36. The van der Waals surface area contributed by atoms with Gasteiger partial charge in [0.15, 0.2) is 0 Å². The molecule has 6 nitrogen and oxygen atoms in total. The van der Waals surface area contributed by atoms with Gasteiger partial charge in [-0.1, -0.05) is 54.5 Å². The molecule has 1 atom stereocenters. The van der Waals surface area contributed by atoms with Crippen LogP contribution in [0.5, 0.6) is 0 Å². The van der Waals surface area contributed by atoms with E-state index >= 15 is 0 Å². The summed E-state index contributed by atoms with van der Waals surface area (Å²) in [4.78, 5) is 0. The minimum absolute atomic E-state index is 0.0826. The molecule has 2 N–H and O–H groups in total. The maximum Gasteiger partial charge on any atom is 0.225 e. The minimum atomic E-state index is -0.239. The van der Waals surface area contributed by atoms with Gasteiger partial charge in [0.1, 0.15) is 5.82 Å². The molecule has 1 fully saturated rings. The van der Waals surface area contributed by atoms with Gasteiger partial charge in [0.05, 0.1) is 25.6 Å². The van der Waals surface area contributed by atoms with Crippen molar-refractivity contribution in [2.24, 2.45) is 0 Å². The first-order chi connectivity index (χ1) is 14.2. The molecule has 152 valence electrons. The summed E-state index contributed by atoms with van der Waals surface area (Å²) in [6.45, 7) is 5.69. The summed E-state index contributed by atoms with van der Waals surface area (Å²) in [5, 5.41) is 9.42. The van der Waals surface area contributed by atoms with Crippen molar-refractivity contribution in [2.45, 2.75) is 12.8 Å². The van der Waals surface area contributed by atoms with Gasteiger partial charge in [-0.3, -0.25) is 0 Å². The van der Waals surface area contributed by atoms with E-state index < -0.39 is 0 Å². The summed E-state index contributed by atoms with van der Waals surface area (Å²) in [7, 11) is 0. The molecule has 4 rings (SSSR count). The maximum absolute atomic E-state index is 14.7. The first-order valence-electron chi connectivity index (χ1n) is 9.82. The number of hydrazine groups is 1. The molecule has 3 aromatic rings. The van der Waals surface area contributed by atoms with E-state index in [-0.39, 0.29) is 11.7 Å². The second-order valence-corrected chi connectivity index (χ2v) is 7.05. The van der Waals surface area contributed by atoms with Crippen LogP contribution in [-0.4, -0.2) is 43.1 Å². The molecule has 1 aliphatic heterocycles. The predicted molar refractivity (Wildman–Crippen MR) is 110 cm³/mol. The fourth-order valence-corrected chi connectivity index (χ4v) is 3.36. The quantitative estimate of drug-likeness (QED) is 0.592. The summed E-state index contributed by atoms with van der Waals surface area (Å²) in [6, 6.07) is 16.7. The lowest BCUT2D eigenvalue weighted by molar-refractivity contribution is 0.0134. The van der Waals surface area contributed by atoms with Gasteiger partial charge in [0, 0.05) is 30.6 Å². The van der Waals surface area contributed by atoms with Gasteiger partial charge in [-0.2, -0.15) is 0 Å². The van der Waals surface area contributed by atoms with Crippen molar-refractivity contribution in [1.29, 1.82) is 0 Å². The van der Waals surface area contributed by atoms with Gasteiger partial charge in [0.2, 0.25) is 5.88 Å². The molecule has 1 saturated heterocycles. The molecule has 0 aliphatic carbocycles. The number of morpholine rings is 1. The van der Waals surface area contributed by atoms with Gasteiger partial charge in [-0.05, 0) is 17.2 Å². The zero-order chi connectivity index (χ0) is 20.1. The molecular formula is C22H25FN4O2. The van der Waals surface area contributed by atoms with Crippen LogP contribution in [0, 0.1) is 5.82 Å². The average Bonchev–Trinajstić information content (AvgIpc) is 3.23. The maximum atomic E-state index is 14.7. The number of rotatable bonds is 7. The number of nitrogens with one attached hydrogen (secondary N) is 2. The first kappa shape index (κ1) is 19.6. The van der Waals surface area contributed by atoms with Gasteiger partial charge >= 0.3 is 0 Å². The third-order valence-electron chi connectivity index (χ3n) is 5.13.